The van der Waals surface area contributed by atoms with Crippen LogP contribution in [0, 0.1) is 5.92 Å². The average Bonchev–Trinajstić information content (AvgIpc) is 3.00. The van der Waals surface area contributed by atoms with Gasteiger partial charge < -0.3 is 10.1 Å². The summed E-state index contributed by atoms with van der Waals surface area (Å²) in [5.74, 6) is 0.691. The minimum Gasteiger partial charge on any atom is -0.374 e. The predicted octanol–water partition coefficient (Wildman–Crippen LogP) is 3.26. The number of hydrogen-bond acceptors (Lipinski definition) is 4. The van der Waals surface area contributed by atoms with Crippen molar-refractivity contribution in [3.63, 3.8) is 0 Å². The predicted molar refractivity (Wildman–Crippen MR) is 76.1 cm³/mol. The molecule has 0 aliphatic heterocycles. The minimum absolute atomic E-state index is 0.1000. The molecule has 1 N–H and O–H groups in total. The maximum Gasteiger partial charge on any atom is 0.122 e. The van der Waals surface area contributed by atoms with Crippen LogP contribution in [0.4, 0.5) is 0 Å². The maximum absolute atomic E-state index is 5.65. The van der Waals surface area contributed by atoms with Crippen LogP contribution >= 0.6 is 11.3 Å². The van der Waals surface area contributed by atoms with Gasteiger partial charge in [-0.05, 0) is 25.8 Å². The summed E-state index contributed by atoms with van der Waals surface area (Å²) in [6.45, 7) is 7.57. The smallest absolute Gasteiger partial charge is 0.122 e. The molecule has 1 unspecified atom stereocenters. The Balaban J connectivity index is 2.31. The highest BCUT2D eigenvalue weighted by atomic mass is 32.1. The second-order valence-corrected chi connectivity index (χ2v) is 7.21. The van der Waals surface area contributed by atoms with Gasteiger partial charge in [0.1, 0.15) is 11.1 Å². The number of nitrogens with zero attached hydrogens (tertiary/aromatic N) is 1. The standard InChI is InChI=1S/C14H24N2OS/c1-14(2,3)12-10(8-15-4)18-13(16-12)11(17-5)9-6-7-9/h9,11,15H,6-8H2,1-5H3. The van der Waals surface area contributed by atoms with E-state index in [4.69, 9.17) is 9.72 Å². The molecular weight excluding hydrogens is 244 g/mol. The lowest BCUT2D eigenvalue weighted by molar-refractivity contribution is 0.0841. The molecule has 1 aliphatic carbocycles. The SMILES string of the molecule is CNCc1sc(C(OC)C2CC2)nc1C(C)(C)C. The van der Waals surface area contributed by atoms with Crippen LogP contribution in [0.2, 0.25) is 0 Å². The van der Waals surface area contributed by atoms with Gasteiger partial charge >= 0.3 is 0 Å². The van der Waals surface area contributed by atoms with Crippen LogP contribution in [-0.2, 0) is 16.7 Å². The fraction of sp³-hybridized carbons (Fsp3) is 0.786. The summed E-state index contributed by atoms with van der Waals surface area (Å²) in [4.78, 5) is 6.24. The summed E-state index contributed by atoms with van der Waals surface area (Å²) in [5, 5.41) is 4.40. The van der Waals surface area contributed by atoms with E-state index in [0.29, 0.717) is 5.92 Å². The van der Waals surface area contributed by atoms with Gasteiger partial charge in [-0.1, -0.05) is 20.8 Å². The van der Waals surface area contributed by atoms with E-state index in [1.807, 2.05) is 18.4 Å². The first kappa shape index (κ1) is 14.0. The second kappa shape index (κ2) is 5.27. The summed E-state index contributed by atoms with van der Waals surface area (Å²) in [7, 11) is 3.79. The van der Waals surface area contributed by atoms with E-state index >= 15 is 0 Å². The molecular formula is C14H24N2OS. The molecule has 1 aliphatic rings. The highest BCUT2D eigenvalue weighted by Crippen LogP contribution is 2.45. The van der Waals surface area contributed by atoms with E-state index in [-0.39, 0.29) is 11.5 Å². The van der Waals surface area contributed by atoms with Crippen LogP contribution in [0.1, 0.15) is 55.3 Å². The molecule has 1 aromatic rings. The molecule has 1 atom stereocenters. The van der Waals surface area contributed by atoms with Crippen LogP contribution in [0.25, 0.3) is 0 Å². The van der Waals surface area contributed by atoms with Crippen molar-refractivity contribution in [3.05, 3.63) is 15.6 Å². The van der Waals surface area contributed by atoms with Gasteiger partial charge in [-0.15, -0.1) is 11.3 Å². The van der Waals surface area contributed by atoms with Gasteiger partial charge in [0, 0.05) is 23.9 Å². The van der Waals surface area contributed by atoms with Crippen molar-refractivity contribution < 1.29 is 4.74 Å². The molecule has 1 heterocycles. The molecule has 0 bridgehead atoms. The first-order valence-corrected chi connectivity index (χ1v) is 7.46. The average molecular weight is 268 g/mol. The molecule has 0 saturated heterocycles. The lowest BCUT2D eigenvalue weighted by Crippen LogP contribution is -2.17. The van der Waals surface area contributed by atoms with Crippen molar-refractivity contribution in [2.75, 3.05) is 14.2 Å². The van der Waals surface area contributed by atoms with Crippen LogP contribution in [0.5, 0.6) is 0 Å². The van der Waals surface area contributed by atoms with Crippen molar-refractivity contribution in [2.45, 2.75) is 51.7 Å². The molecule has 0 radical (unpaired) electrons. The van der Waals surface area contributed by atoms with Crippen LogP contribution in [-0.4, -0.2) is 19.1 Å². The summed E-state index contributed by atoms with van der Waals surface area (Å²) in [5.41, 5.74) is 1.32. The van der Waals surface area contributed by atoms with Crippen LogP contribution in [0.15, 0.2) is 0 Å². The molecule has 0 aromatic carbocycles. The zero-order valence-electron chi connectivity index (χ0n) is 12.0. The molecule has 3 nitrogen and oxygen atoms in total. The third kappa shape index (κ3) is 2.92. The molecule has 1 aromatic heterocycles. The van der Waals surface area contributed by atoms with Gasteiger partial charge in [0.25, 0.3) is 0 Å². The Bertz CT molecular complexity index is 404. The number of hydrogen-bond donors (Lipinski definition) is 1. The molecule has 4 heteroatoms. The molecule has 0 spiro atoms. The number of thiazole rings is 1. The van der Waals surface area contributed by atoms with Gasteiger partial charge in [-0.3, -0.25) is 0 Å². The Labute approximate surface area is 114 Å². The normalized spacial score (nSPS) is 18.1. The van der Waals surface area contributed by atoms with Gasteiger partial charge in [0.15, 0.2) is 0 Å². The Morgan fingerprint density at radius 3 is 2.56 bits per heavy atom. The fourth-order valence-corrected chi connectivity index (χ4v) is 3.71. The Morgan fingerprint density at radius 2 is 2.11 bits per heavy atom. The molecule has 2 rings (SSSR count). The van der Waals surface area contributed by atoms with Crippen molar-refractivity contribution in [2.24, 2.45) is 5.92 Å². The van der Waals surface area contributed by atoms with E-state index in [2.05, 4.69) is 26.1 Å². The van der Waals surface area contributed by atoms with Crippen molar-refractivity contribution in [1.29, 1.82) is 0 Å². The van der Waals surface area contributed by atoms with Crippen molar-refractivity contribution >= 4 is 11.3 Å². The lowest BCUT2D eigenvalue weighted by Gasteiger charge is -2.17. The van der Waals surface area contributed by atoms with E-state index in [1.165, 1.54) is 23.4 Å². The summed E-state index contributed by atoms with van der Waals surface area (Å²) >= 11 is 1.81. The molecule has 1 fully saturated rings. The number of ether oxygens (including phenoxy) is 1. The Kier molecular flexibility index (Phi) is 4.09. The number of aromatic nitrogens is 1. The topological polar surface area (TPSA) is 34.1 Å². The second-order valence-electron chi connectivity index (χ2n) is 6.10. The third-order valence-electron chi connectivity index (χ3n) is 3.31. The summed E-state index contributed by atoms with van der Waals surface area (Å²) < 4.78 is 5.65. The van der Waals surface area contributed by atoms with E-state index < -0.39 is 0 Å². The van der Waals surface area contributed by atoms with Gasteiger partial charge in [0.05, 0.1) is 5.69 Å². The third-order valence-corrected chi connectivity index (χ3v) is 4.43. The number of methoxy groups -OCH3 is 1. The highest BCUT2D eigenvalue weighted by molar-refractivity contribution is 7.11. The van der Waals surface area contributed by atoms with Gasteiger partial charge in [-0.2, -0.15) is 0 Å². The molecule has 0 amide bonds. The Hall–Kier alpha value is -0.450. The van der Waals surface area contributed by atoms with Crippen LogP contribution in [0.3, 0.4) is 0 Å². The van der Waals surface area contributed by atoms with Crippen molar-refractivity contribution in [3.8, 4) is 0 Å². The molecule has 102 valence electrons. The monoisotopic (exact) mass is 268 g/mol. The molecule has 1 saturated carbocycles. The fourth-order valence-electron chi connectivity index (χ4n) is 2.25. The number of rotatable bonds is 5. The van der Waals surface area contributed by atoms with Gasteiger partial charge in [-0.25, -0.2) is 4.98 Å². The zero-order valence-corrected chi connectivity index (χ0v) is 12.9. The first-order chi connectivity index (χ1) is 8.47. The Morgan fingerprint density at radius 1 is 1.44 bits per heavy atom. The summed E-state index contributed by atoms with van der Waals surface area (Å²) in [6.07, 6.45) is 2.77. The number of nitrogens with one attached hydrogen (secondary N) is 1. The van der Waals surface area contributed by atoms with Gasteiger partial charge in [0.2, 0.25) is 0 Å². The van der Waals surface area contributed by atoms with E-state index in [9.17, 15) is 0 Å². The zero-order chi connectivity index (χ0) is 13.3. The quantitative estimate of drug-likeness (QED) is 0.890. The van der Waals surface area contributed by atoms with Crippen LogP contribution < -0.4 is 5.32 Å². The lowest BCUT2D eigenvalue weighted by atomic mass is 9.91. The largest absolute Gasteiger partial charge is 0.374 e. The van der Waals surface area contributed by atoms with E-state index in [1.54, 1.807) is 7.11 Å². The minimum atomic E-state index is 0.1000. The van der Waals surface area contributed by atoms with Crippen molar-refractivity contribution in [1.82, 2.24) is 10.3 Å². The first-order valence-electron chi connectivity index (χ1n) is 6.65. The maximum atomic E-state index is 5.65. The van der Waals surface area contributed by atoms with E-state index in [0.717, 1.165) is 11.6 Å². The summed E-state index contributed by atoms with van der Waals surface area (Å²) in [6, 6.07) is 0. The highest BCUT2D eigenvalue weighted by Gasteiger charge is 2.36. The molecule has 18 heavy (non-hydrogen) atoms.